The zero-order chi connectivity index (χ0) is 13.9. The van der Waals surface area contributed by atoms with Gasteiger partial charge in [0.25, 0.3) is 0 Å². The van der Waals surface area contributed by atoms with E-state index in [0.717, 1.165) is 17.8 Å². The fourth-order valence-electron chi connectivity index (χ4n) is 2.51. The predicted octanol–water partition coefficient (Wildman–Crippen LogP) is 2.17. The van der Waals surface area contributed by atoms with Gasteiger partial charge in [0.15, 0.2) is 0 Å². The highest BCUT2D eigenvalue weighted by Gasteiger charge is 2.39. The first kappa shape index (κ1) is 12.7. The molecule has 20 heavy (non-hydrogen) atoms. The quantitative estimate of drug-likeness (QED) is 0.872. The van der Waals surface area contributed by atoms with Crippen molar-refractivity contribution in [2.45, 2.75) is 13.3 Å². The first-order valence-corrected chi connectivity index (χ1v) is 6.79. The van der Waals surface area contributed by atoms with Gasteiger partial charge in [0, 0.05) is 25.4 Å². The van der Waals surface area contributed by atoms with Crippen molar-refractivity contribution in [3.63, 3.8) is 0 Å². The van der Waals surface area contributed by atoms with Crippen LogP contribution in [0.5, 0.6) is 0 Å². The molecule has 3 rings (SSSR count). The van der Waals surface area contributed by atoms with E-state index >= 15 is 0 Å². The standard InChI is InChI=1S/C16H17N3O/c1-11-14(12-5-3-2-4-6-12)15(11)16(20)19-8-7-13-17-9-10-18-13/h2-6,9-10,15H,7-8H2,1H3,(H,17,18)(H,19,20)/t15-/m0/s1. The first-order chi connectivity index (χ1) is 9.77. The fourth-order valence-corrected chi connectivity index (χ4v) is 2.51. The van der Waals surface area contributed by atoms with E-state index in [2.05, 4.69) is 27.4 Å². The highest BCUT2D eigenvalue weighted by atomic mass is 16.2. The molecule has 0 bridgehead atoms. The molecule has 1 heterocycles. The van der Waals surface area contributed by atoms with Gasteiger partial charge < -0.3 is 10.3 Å². The van der Waals surface area contributed by atoms with Crippen molar-refractivity contribution < 1.29 is 4.79 Å². The molecule has 0 aliphatic heterocycles. The molecule has 0 spiro atoms. The SMILES string of the molecule is CC1=C(c2ccccc2)[C@H]1C(=O)NCCc1ncc[nH]1. The van der Waals surface area contributed by atoms with Crippen LogP contribution in [0.2, 0.25) is 0 Å². The smallest absolute Gasteiger partial charge is 0.231 e. The van der Waals surface area contributed by atoms with Gasteiger partial charge in [0.05, 0.1) is 5.92 Å². The van der Waals surface area contributed by atoms with Crippen LogP contribution in [0.3, 0.4) is 0 Å². The third-order valence-electron chi connectivity index (χ3n) is 3.63. The molecule has 102 valence electrons. The molecule has 1 aliphatic rings. The van der Waals surface area contributed by atoms with Gasteiger partial charge in [0.1, 0.15) is 5.82 Å². The van der Waals surface area contributed by atoms with Crippen molar-refractivity contribution in [1.82, 2.24) is 15.3 Å². The number of benzene rings is 1. The van der Waals surface area contributed by atoms with Crippen LogP contribution in [-0.2, 0) is 11.2 Å². The fraction of sp³-hybridized carbons (Fsp3) is 0.250. The van der Waals surface area contributed by atoms with Gasteiger partial charge >= 0.3 is 0 Å². The van der Waals surface area contributed by atoms with E-state index in [4.69, 9.17) is 0 Å². The average Bonchev–Trinajstić information content (AvgIpc) is 2.88. The molecular formula is C16H17N3O. The van der Waals surface area contributed by atoms with E-state index in [1.165, 1.54) is 11.1 Å². The normalized spacial score (nSPS) is 17.1. The molecule has 0 saturated heterocycles. The van der Waals surface area contributed by atoms with Crippen LogP contribution >= 0.6 is 0 Å². The lowest BCUT2D eigenvalue weighted by molar-refractivity contribution is -0.121. The summed E-state index contributed by atoms with van der Waals surface area (Å²) in [4.78, 5) is 19.3. The van der Waals surface area contributed by atoms with Crippen molar-refractivity contribution in [2.24, 2.45) is 5.92 Å². The molecule has 1 atom stereocenters. The highest BCUT2D eigenvalue weighted by molar-refractivity contribution is 6.05. The maximum absolute atomic E-state index is 12.1. The van der Waals surface area contributed by atoms with Crippen molar-refractivity contribution in [3.05, 3.63) is 59.7 Å². The zero-order valence-electron chi connectivity index (χ0n) is 11.4. The summed E-state index contributed by atoms with van der Waals surface area (Å²) in [6.45, 7) is 2.64. The van der Waals surface area contributed by atoms with Gasteiger partial charge in [-0.2, -0.15) is 0 Å². The van der Waals surface area contributed by atoms with Gasteiger partial charge in [-0.05, 0) is 18.1 Å². The number of carbonyl (C=O) groups excluding carboxylic acids is 1. The molecule has 0 saturated carbocycles. The highest BCUT2D eigenvalue weighted by Crippen LogP contribution is 2.46. The first-order valence-electron chi connectivity index (χ1n) is 6.79. The Hall–Kier alpha value is -2.36. The summed E-state index contributed by atoms with van der Waals surface area (Å²) in [6.07, 6.45) is 4.24. The van der Waals surface area contributed by atoms with Gasteiger partial charge in [-0.3, -0.25) is 4.79 Å². The number of carbonyl (C=O) groups is 1. The summed E-state index contributed by atoms with van der Waals surface area (Å²) in [5.41, 5.74) is 3.49. The monoisotopic (exact) mass is 267 g/mol. The summed E-state index contributed by atoms with van der Waals surface area (Å²) in [5, 5.41) is 2.97. The summed E-state index contributed by atoms with van der Waals surface area (Å²) in [6, 6.07) is 10.1. The van der Waals surface area contributed by atoms with E-state index < -0.39 is 0 Å². The van der Waals surface area contributed by atoms with Gasteiger partial charge in [0.2, 0.25) is 5.91 Å². The number of amides is 1. The van der Waals surface area contributed by atoms with Crippen molar-refractivity contribution in [3.8, 4) is 0 Å². The summed E-state index contributed by atoms with van der Waals surface area (Å²) in [5.74, 6) is 0.941. The molecule has 2 N–H and O–H groups in total. The number of H-pyrrole nitrogens is 1. The lowest BCUT2D eigenvalue weighted by Crippen LogP contribution is -2.28. The minimum atomic E-state index is -0.0472. The van der Waals surface area contributed by atoms with E-state index in [1.54, 1.807) is 12.4 Å². The van der Waals surface area contributed by atoms with Crippen LogP contribution in [0.25, 0.3) is 5.57 Å². The Kier molecular flexibility index (Phi) is 3.37. The Labute approximate surface area is 117 Å². The largest absolute Gasteiger partial charge is 0.355 e. The van der Waals surface area contributed by atoms with Crippen LogP contribution in [-0.4, -0.2) is 22.4 Å². The number of nitrogens with zero attached hydrogens (tertiary/aromatic N) is 1. The second kappa shape index (κ2) is 5.33. The Balaban J connectivity index is 1.53. The molecule has 1 aromatic heterocycles. The lowest BCUT2D eigenvalue weighted by Gasteiger charge is -2.04. The number of rotatable bonds is 5. The molecule has 1 aliphatic carbocycles. The Morgan fingerprint density at radius 3 is 2.85 bits per heavy atom. The molecule has 1 aromatic carbocycles. The molecule has 0 unspecified atom stereocenters. The Morgan fingerprint density at radius 2 is 2.15 bits per heavy atom. The lowest BCUT2D eigenvalue weighted by atomic mass is 10.1. The molecule has 0 radical (unpaired) electrons. The van der Waals surface area contributed by atoms with Gasteiger partial charge in [-0.15, -0.1) is 0 Å². The minimum absolute atomic E-state index is 0.0472. The van der Waals surface area contributed by atoms with Gasteiger partial charge in [-0.25, -0.2) is 4.98 Å². The second-order valence-electron chi connectivity index (χ2n) is 4.97. The van der Waals surface area contributed by atoms with Crippen molar-refractivity contribution in [1.29, 1.82) is 0 Å². The Bertz CT molecular complexity index is 629. The maximum atomic E-state index is 12.1. The Morgan fingerprint density at radius 1 is 1.35 bits per heavy atom. The number of nitrogens with one attached hydrogen (secondary N) is 2. The number of aromatic nitrogens is 2. The van der Waals surface area contributed by atoms with Gasteiger partial charge in [-0.1, -0.05) is 35.9 Å². The second-order valence-corrected chi connectivity index (χ2v) is 4.97. The van der Waals surface area contributed by atoms with E-state index in [1.807, 2.05) is 25.1 Å². The zero-order valence-corrected chi connectivity index (χ0v) is 11.4. The minimum Gasteiger partial charge on any atom is -0.355 e. The predicted molar refractivity (Wildman–Crippen MR) is 77.8 cm³/mol. The average molecular weight is 267 g/mol. The van der Waals surface area contributed by atoms with Crippen LogP contribution < -0.4 is 5.32 Å². The summed E-state index contributed by atoms with van der Waals surface area (Å²) in [7, 11) is 0. The summed E-state index contributed by atoms with van der Waals surface area (Å²) < 4.78 is 0. The third-order valence-corrected chi connectivity index (χ3v) is 3.63. The van der Waals surface area contributed by atoms with Crippen LogP contribution in [0, 0.1) is 5.92 Å². The topological polar surface area (TPSA) is 57.8 Å². The molecule has 4 nitrogen and oxygen atoms in total. The van der Waals surface area contributed by atoms with E-state index in [0.29, 0.717) is 6.54 Å². The number of hydrogen-bond acceptors (Lipinski definition) is 2. The summed E-state index contributed by atoms with van der Waals surface area (Å²) >= 11 is 0. The number of hydrogen-bond donors (Lipinski definition) is 2. The molecule has 0 fully saturated rings. The van der Waals surface area contributed by atoms with Crippen LogP contribution in [0.1, 0.15) is 18.3 Å². The maximum Gasteiger partial charge on any atom is 0.231 e. The molecular weight excluding hydrogens is 250 g/mol. The molecule has 1 amide bonds. The third kappa shape index (κ3) is 2.50. The number of aromatic amines is 1. The molecule has 2 aromatic rings. The van der Waals surface area contributed by atoms with Crippen LogP contribution in [0.15, 0.2) is 48.3 Å². The molecule has 4 heteroatoms. The van der Waals surface area contributed by atoms with E-state index in [9.17, 15) is 4.79 Å². The van der Waals surface area contributed by atoms with Crippen LogP contribution in [0.4, 0.5) is 0 Å². The number of imidazole rings is 1. The van der Waals surface area contributed by atoms with E-state index in [-0.39, 0.29) is 11.8 Å². The van der Waals surface area contributed by atoms with Crippen molar-refractivity contribution in [2.75, 3.05) is 6.54 Å². The van der Waals surface area contributed by atoms with Crippen molar-refractivity contribution >= 4 is 11.5 Å².